The Bertz CT molecular complexity index is 1940. The molecule has 1 aliphatic carbocycles. The number of amides is 2. The number of ether oxygens (including phenoxy) is 1. The number of alkyl halides is 1. The molecule has 2 atom stereocenters. The minimum atomic E-state index is -1.46. The second-order valence-corrected chi connectivity index (χ2v) is 15.5. The number of guanidine groups is 1. The number of benzene rings is 2. The van der Waals surface area contributed by atoms with E-state index in [-0.39, 0.29) is 37.0 Å². The molecule has 0 radical (unpaired) electrons. The molecule has 0 bridgehead atoms. The van der Waals surface area contributed by atoms with Gasteiger partial charge < -0.3 is 15.4 Å². The van der Waals surface area contributed by atoms with Crippen LogP contribution in [0.1, 0.15) is 70.2 Å². The van der Waals surface area contributed by atoms with Gasteiger partial charge in [-0.2, -0.15) is 5.10 Å². The number of halogens is 2. The number of carbonyl (C=O) groups excluding carboxylic acids is 2. The van der Waals surface area contributed by atoms with Gasteiger partial charge in [-0.05, 0) is 72.6 Å². The van der Waals surface area contributed by atoms with E-state index >= 15 is 4.79 Å². The third-order valence-corrected chi connectivity index (χ3v) is 9.75. The molecule has 12 heteroatoms. The summed E-state index contributed by atoms with van der Waals surface area (Å²) < 4.78 is 22.0. The van der Waals surface area contributed by atoms with Crippen LogP contribution in [0, 0.1) is 5.41 Å². The van der Waals surface area contributed by atoms with Crippen molar-refractivity contribution in [2.45, 2.75) is 70.2 Å². The Morgan fingerprint density at radius 2 is 1.84 bits per heavy atom. The van der Waals surface area contributed by atoms with Crippen LogP contribution in [0.15, 0.2) is 84.2 Å². The predicted octanol–water partition coefficient (Wildman–Crippen LogP) is 7.31. The van der Waals surface area contributed by atoms with Gasteiger partial charge in [0.25, 0.3) is 5.91 Å². The topological polar surface area (TPSA) is 119 Å². The molecule has 0 unspecified atom stereocenters. The van der Waals surface area contributed by atoms with Gasteiger partial charge in [-0.3, -0.25) is 19.4 Å². The molecule has 2 aliphatic heterocycles. The van der Waals surface area contributed by atoms with Crippen molar-refractivity contribution < 1.29 is 18.7 Å². The second kappa shape index (κ2) is 12.5. The van der Waals surface area contributed by atoms with Crippen molar-refractivity contribution in [3.63, 3.8) is 0 Å². The average Bonchev–Trinajstić information content (AvgIpc) is 3.74. The van der Waals surface area contributed by atoms with Gasteiger partial charge >= 0.3 is 6.09 Å². The Kier molecular flexibility index (Phi) is 8.45. The fraction of sp³-hybridized carbons (Fsp3) is 0.395. The maximum absolute atomic E-state index is 15.0. The highest BCUT2D eigenvalue weighted by molar-refractivity contribution is 6.33. The molecule has 2 aromatic carbocycles. The quantitative estimate of drug-likeness (QED) is 0.196. The fourth-order valence-electron chi connectivity index (χ4n) is 6.95. The minimum Gasteiger partial charge on any atom is -0.447 e. The summed E-state index contributed by atoms with van der Waals surface area (Å²) in [5, 5.41) is 5.00. The largest absolute Gasteiger partial charge is 0.447 e. The number of nitrogens with zero attached hydrogens (tertiary/aromatic N) is 6. The number of likely N-dealkylation sites (tertiary alicyclic amines) is 1. The Morgan fingerprint density at radius 1 is 1.10 bits per heavy atom. The van der Waals surface area contributed by atoms with Gasteiger partial charge in [0.05, 0.1) is 37.1 Å². The fourth-order valence-corrected chi connectivity index (χ4v) is 7.16. The van der Waals surface area contributed by atoms with Crippen LogP contribution < -0.4 is 5.73 Å². The molecule has 2 fully saturated rings. The zero-order valence-corrected chi connectivity index (χ0v) is 29.4. The lowest BCUT2D eigenvalue weighted by Crippen LogP contribution is -2.59. The Hall–Kier alpha value is -4.77. The average molecular weight is 698 g/mol. The van der Waals surface area contributed by atoms with Crippen LogP contribution in [-0.4, -0.2) is 67.9 Å². The molecular weight excluding hydrogens is 657 g/mol. The van der Waals surface area contributed by atoms with Gasteiger partial charge in [0, 0.05) is 28.5 Å². The molecule has 1 saturated carbocycles. The van der Waals surface area contributed by atoms with Crippen molar-refractivity contribution >= 4 is 29.6 Å². The summed E-state index contributed by atoms with van der Waals surface area (Å²) >= 11 is 6.65. The SMILES string of the molecule is CC(C)(C)C[C@]1(c2ccc(-c3cnn(C4CC4)c3)cc2)N=C(N)N([C@H](COC(=O)N2CC(C)(F)C2)c2ccc(Cl)c(-c3ccccn3)c2)C1=O. The van der Waals surface area contributed by atoms with Gasteiger partial charge in [0.2, 0.25) is 0 Å². The number of hydrogen-bond donors (Lipinski definition) is 1. The third kappa shape index (κ3) is 6.58. The van der Waals surface area contributed by atoms with E-state index in [0.29, 0.717) is 39.9 Å². The van der Waals surface area contributed by atoms with Crippen molar-refractivity contribution in [1.82, 2.24) is 24.6 Å². The zero-order chi connectivity index (χ0) is 35.4. The first-order valence-corrected chi connectivity index (χ1v) is 17.3. The highest BCUT2D eigenvalue weighted by atomic mass is 35.5. The molecule has 4 heterocycles. The van der Waals surface area contributed by atoms with Gasteiger partial charge in [0.15, 0.2) is 11.5 Å². The van der Waals surface area contributed by atoms with Gasteiger partial charge in [-0.1, -0.05) is 68.8 Å². The molecule has 2 N–H and O–H groups in total. The van der Waals surface area contributed by atoms with Crippen LogP contribution in [0.3, 0.4) is 0 Å². The van der Waals surface area contributed by atoms with Crippen molar-refractivity contribution in [2.75, 3.05) is 19.7 Å². The Balaban J connectivity index is 1.25. The summed E-state index contributed by atoms with van der Waals surface area (Å²) in [7, 11) is 0. The monoisotopic (exact) mass is 697 g/mol. The number of aliphatic imine (C=N–C) groups is 1. The molecule has 0 spiro atoms. The molecule has 2 amide bonds. The van der Waals surface area contributed by atoms with E-state index in [9.17, 15) is 9.18 Å². The summed E-state index contributed by atoms with van der Waals surface area (Å²) in [5.41, 5.74) is 8.15. The van der Waals surface area contributed by atoms with Gasteiger partial charge in [-0.25, -0.2) is 14.2 Å². The summed E-state index contributed by atoms with van der Waals surface area (Å²) in [6.45, 7) is 7.22. The molecule has 50 heavy (non-hydrogen) atoms. The maximum atomic E-state index is 15.0. The minimum absolute atomic E-state index is 0.00436. The molecule has 10 nitrogen and oxygen atoms in total. The van der Waals surface area contributed by atoms with E-state index in [0.717, 1.165) is 24.0 Å². The van der Waals surface area contributed by atoms with Crippen molar-refractivity contribution in [2.24, 2.45) is 16.1 Å². The number of hydrogen-bond acceptors (Lipinski definition) is 7. The molecule has 4 aromatic rings. The van der Waals surface area contributed by atoms with Crippen LogP contribution in [0.25, 0.3) is 22.4 Å². The normalized spacial score (nSPS) is 20.8. The van der Waals surface area contributed by atoms with Crippen molar-refractivity contribution in [3.8, 4) is 22.4 Å². The lowest BCUT2D eigenvalue weighted by atomic mass is 9.75. The second-order valence-electron chi connectivity index (χ2n) is 15.1. The van der Waals surface area contributed by atoms with Crippen molar-refractivity contribution in [3.05, 3.63) is 95.4 Å². The van der Waals surface area contributed by atoms with Gasteiger partial charge in [0.1, 0.15) is 12.3 Å². The van der Waals surface area contributed by atoms with Gasteiger partial charge in [-0.15, -0.1) is 0 Å². The van der Waals surface area contributed by atoms with E-state index in [1.54, 1.807) is 18.3 Å². The smallest absolute Gasteiger partial charge is 0.410 e. The molecule has 3 aliphatic rings. The van der Waals surface area contributed by atoms with E-state index < -0.39 is 23.3 Å². The summed E-state index contributed by atoms with van der Waals surface area (Å²) in [6, 6.07) is 18.3. The Labute approximate surface area is 296 Å². The number of pyridine rings is 1. The molecule has 1 saturated heterocycles. The molecule has 2 aromatic heterocycles. The van der Waals surface area contributed by atoms with Crippen LogP contribution >= 0.6 is 11.6 Å². The summed E-state index contributed by atoms with van der Waals surface area (Å²) in [6.07, 6.45) is 7.57. The van der Waals surface area contributed by atoms with Crippen LogP contribution in [0.2, 0.25) is 5.02 Å². The maximum Gasteiger partial charge on any atom is 0.410 e. The third-order valence-electron chi connectivity index (χ3n) is 9.42. The Morgan fingerprint density at radius 3 is 2.48 bits per heavy atom. The number of nitrogens with two attached hydrogens (primary N) is 1. The highest BCUT2D eigenvalue weighted by Gasteiger charge is 2.53. The van der Waals surface area contributed by atoms with Crippen molar-refractivity contribution in [1.29, 1.82) is 0 Å². The summed E-state index contributed by atoms with van der Waals surface area (Å²) in [5.74, 6) is -0.334. The number of aromatic nitrogens is 3. The first-order chi connectivity index (χ1) is 23.7. The van der Waals surface area contributed by atoms with E-state index in [1.807, 2.05) is 59.4 Å². The van der Waals surface area contributed by atoms with Crippen LogP contribution in [-0.2, 0) is 15.1 Å². The number of rotatable bonds is 9. The predicted molar refractivity (Wildman–Crippen MR) is 190 cm³/mol. The number of carbonyl (C=O) groups is 2. The first-order valence-electron chi connectivity index (χ1n) is 16.9. The summed E-state index contributed by atoms with van der Waals surface area (Å²) in [4.78, 5) is 40.2. The first kappa shape index (κ1) is 33.7. The lowest BCUT2D eigenvalue weighted by Gasteiger charge is -2.41. The van der Waals surface area contributed by atoms with Crippen LogP contribution in [0.5, 0.6) is 0 Å². The van der Waals surface area contributed by atoms with E-state index in [2.05, 4.69) is 37.1 Å². The van der Waals surface area contributed by atoms with Crippen LogP contribution in [0.4, 0.5) is 9.18 Å². The molecule has 7 rings (SSSR count). The standard InChI is InChI=1S/C38H41ClFN7O3/c1-36(2,3)21-38(27-11-8-24(9-12-27)26-18-43-46(19-26)28-13-14-28)33(48)47(34(41)44-38)32(20-50-35(49)45-22-37(4,40)23-45)25-10-15-30(39)29(17-25)31-7-5-6-16-42-31/h5-12,15-19,28,32H,13-14,20-23H2,1-4H3,(H2,41,44)/t32-,38-/m1/s1. The van der Waals surface area contributed by atoms with E-state index in [4.69, 9.17) is 27.1 Å². The van der Waals surface area contributed by atoms with E-state index in [1.165, 1.54) is 16.7 Å². The zero-order valence-electron chi connectivity index (χ0n) is 28.6. The lowest BCUT2D eigenvalue weighted by molar-refractivity contribution is -0.135. The molecular formula is C38H41ClFN7O3. The molecule has 260 valence electrons. The highest BCUT2D eigenvalue weighted by Crippen LogP contribution is 2.46.